The molecule has 0 bridgehead atoms. The van der Waals surface area contributed by atoms with E-state index in [4.69, 9.17) is 0 Å². The molecule has 0 spiro atoms. The van der Waals surface area contributed by atoms with Crippen molar-refractivity contribution in [2.45, 2.75) is 38.3 Å². The van der Waals surface area contributed by atoms with Gasteiger partial charge in [-0.25, -0.2) is 4.79 Å². The number of para-hydroxylation sites is 1. The Morgan fingerprint density at radius 3 is 2.95 bits per heavy atom. The molecule has 0 saturated heterocycles. The number of nitrogens with one attached hydrogen (secondary N) is 1. The number of hydrogen-bond acceptors (Lipinski definition) is 2. The molecule has 1 unspecified atom stereocenters. The fourth-order valence-corrected chi connectivity index (χ4v) is 3.78. The molecule has 0 radical (unpaired) electrons. The van der Waals surface area contributed by atoms with Crippen LogP contribution in [-0.4, -0.2) is 23.8 Å². The third-order valence-corrected chi connectivity index (χ3v) is 4.45. The summed E-state index contributed by atoms with van der Waals surface area (Å²) in [5, 5.41) is 13.1. The second-order valence-corrected chi connectivity index (χ2v) is 5.41. The minimum Gasteiger partial charge on any atom is -0.465 e. The number of carboxylic acid groups (broad SMARTS) is 1. The Morgan fingerprint density at radius 1 is 1.42 bits per heavy atom. The zero-order valence-electron chi connectivity index (χ0n) is 11.2. The molecule has 19 heavy (non-hydrogen) atoms. The van der Waals surface area contributed by atoms with Gasteiger partial charge in [0.2, 0.25) is 0 Å². The van der Waals surface area contributed by atoms with Gasteiger partial charge in [0, 0.05) is 12.1 Å². The van der Waals surface area contributed by atoms with Crippen LogP contribution in [0.25, 0.3) is 0 Å². The number of amides is 1. The third-order valence-electron chi connectivity index (χ3n) is 4.45. The van der Waals surface area contributed by atoms with E-state index in [0.717, 1.165) is 37.1 Å². The first-order valence-corrected chi connectivity index (χ1v) is 7.08. The van der Waals surface area contributed by atoms with Crippen LogP contribution in [0.1, 0.15) is 37.8 Å². The first kappa shape index (κ1) is 12.5. The van der Waals surface area contributed by atoms with Gasteiger partial charge in [-0.05, 0) is 36.9 Å². The van der Waals surface area contributed by atoms with Crippen LogP contribution in [0.2, 0.25) is 0 Å². The van der Waals surface area contributed by atoms with E-state index in [1.54, 1.807) is 4.90 Å². The summed E-state index contributed by atoms with van der Waals surface area (Å²) in [5.41, 5.74) is 2.00. The summed E-state index contributed by atoms with van der Waals surface area (Å²) in [5.74, 6) is 0.408. The Morgan fingerprint density at radius 2 is 2.21 bits per heavy atom. The lowest BCUT2D eigenvalue weighted by molar-refractivity contribution is 0.192. The maximum Gasteiger partial charge on any atom is 0.412 e. The molecule has 3 atom stereocenters. The van der Waals surface area contributed by atoms with Crippen LogP contribution in [0.5, 0.6) is 0 Å². The molecule has 1 heterocycles. The predicted octanol–water partition coefficient (Wildman–Crippen LogP) is 3.00. The molecule has 1 fully saturated rings. The van der Waals surface area contributed by atoms with E-state index in [-0.39, 0.29) is 6.04 Å². The molecule has 1 aliphatic carbocycles. The van der Waals surface area contributed by atoms with Crippen molar-refractivity contribution in [3.05, 3.63) is 29.8 Å². The van der Waals surface area contributed by atoms with Gasteiger partial charge in [-0.1, -0.05) is 31.5 Å². The molecule has 4 nitrogen and oxygen atoms in total. The zero-order chi connectivity index (χ0) is 13.4. The highest BCUT2D eigenvalue weighted by Gasteiger charge is 2.45. The van der Waals surface area contributed by atoms with Crippen LogP contribution >= 0.6 is 0 Å². The first-order valence-electron chi connectivity index (χ1n) is 7.08. The largest absolute Gasteiger partial charge is 0.465 e. The minimum atomic E-state index is -0.820. The van der Waals surface area contributed by atoms with Gasteiger partial charge in [-0.15, -0.1) is 0 Å². The van der Waals surface area contributed by atoms with Gasteiger partial charge < -0.3 is 10.4 Å². The zero-order valence-corrected chi connectivity index (χ0v) is 11.2. The number of carbonyl (C=O) groups is 1. The fourth-order valence-electron chi connectivity index (χ4n) is 3.78. The minimum absolute atomic E-state index is 0.136. The van der Waals surface area contributed by atoms with Gasteiger partial charge in [0.1, 0.15) is 0 Å². The molecule has 102 valence electrons. The lowest BCUT2D eigenvalue weighted by Crippen LogP contribution is -2.50. The van der Waals surface area contributed by atoms with E-state index in [1.807, 2.05) is 18.2 Å². The second-order valence-electron chi connectivity index (χ2n) is 5.41. The van der Waals surface area contributed by atoms with E-state index in [1.165, 1.54) is 0 Å². The summed E-state index contributed by atoms with van der Waals surface area (Å²) in [6.07, 6.45) is 2.39. The number of rotatable bonds is 2. The number of nitrogens with zero attached hydrogens (tertiary/aromatic N) is 1. The number of anilines is 1. The van der Waals surface area contributed by atoms with Crippen LogP contribution in [-0.2, 0) is 0 Å². The van der Waals surface area contributed by atoms with Crippen molar-refractivity contribution in [1.82, 2.24) is 5.32 Å². The molecule has 1 saturated carbocycles. The van der Waals surface area contributed by atoms with Gasteiger partial charge in [0.05, 0.1) is 5.69 Å². The van der Waals surface area contributed by atoms with Gasteiger partial charge >= 0.3 is 6.09 Å². The molecule has 1 amide bonds. The number of fused-ring (bicyclic) bond motifs is 2. The first-order chi connectivity index (χ1) is 9.24. The van der Waals surface area contributed by atoms with Crippen LogP contribution in [0, 0.1) is 5.92 Å². The summed E-state index contributed by atoms with van der Waals surface area (Å²) >= 11 is 0. The molecule has 4 heteroatoms. The Bertz CT molecular complexity index is 489. The molecule has 2 aliphatic rings. The molecule has 0 aromatic heterocycles. The smallest absolute Gasteiger partial charge is 0.412 e. The molecular weight excluding hydrogens is 240 g/mol. The third kappa shape index (κ3) is 1.91. The molecule has 3 rings (SSSR count). The summed E-state index contributed by atoms with van der Waals surface area (Å²) in [6, 6.07) is 8.35. The van der Waals surface area contributed by atoms with Crippen LogP contribution in [0.15, 0.2) is 24.3 Å². The van der Waals surface area contributed by atoms with E-state index < -0.39 is 6.09 Å². The van der Waals surface area contributed by atoms with Crippen molar-refractivity contribution >= 4 is 11.8 Å². The Labute approximate surface area is 113 Å². The normalized spacial score (nSPS) is 28.9. The van der Waals surface area contributed by atoms with Crippen molar-refractivity contribution in [3.8, 4) is 0 Å². The maximum atomic E-state index is 11.6. The van der Waals surface area contributed by atoms with Crippen molar-refractivity contribution in [1.29, 1.82) is 0 Å². The van der Waals surface area contributed by atoms with E-state index in [9.17, 15) is 9.90 Å². The van der Waals surface area contributed by atoms with E-state index >= 15 is 0 Å². The second kappa shape index (κ2) is 4.85. The molecular formula is C15H20N2O2. The van der Waals surface area contributed by atoms with Crippen molar-refractivity contribution in [2.75, 3.05) is 11.4 Å². The summed E-state index contributed by atoms with van der Waals surface area (Å²) in [6.45, 7) is 3.02. The summed E-state index contributed by atoms with van der Waals surface area (Å²) in [7, 11) is 0. The monoisotopic (exact) mass is 260 g/mol. The molecule has 1 aliphatic heterocycles. The van der Waals surface area contributed by atoms with Crippen LogP contribution in [0.3, 0.4) is 0 Å². The Hall–Kier alpha value is -1.55. The quantitative estimate of drug-likeness (QED) is 0.859. The number of benzene rings is 1. The average Bonchev–Trinajstić information content (AvgIpc) is 2.87. The topological polar surface area (TPSA) is 52.6 Å². The van der Waals surface area contributed by atoms with Gasteiger partial charge in [-0.3, -0.25) is 4.90 Å². The highest BCUT2D eigenvalue weighted by molar-refractivity contribution is 5.89. The maximum absolute atomic E-state index is 11.6. The predicted molar refractivity (Wildman–Crippen MR) is 74.5 cm³/mol. The highest BCUT2D eigenvalue weighted by atomic mass is 16.4. The van der Waals surface area contributed by atoms with E-state index in [2.05, 4.69) is 18.3 Å². The van der Waals surface area contributed by atoms with Crippen LogP contribution < -0.4 is 10.2 Å². The summed E-state index contributed by atoms with van der Waals surface area (Å²) in [4.78, 5) is 13.2. The Balaban J connectivity index is 2.10. The van der Waals surface area contributed by atoms with Gasteiger partial charge in [-0.2, -0.15) is 0 Å². The number of hydrogen-bond donors (Lipinski definition) is 2. The van der Waals surface area contributed by atoms with Gasteiger partial charge in [0.15, 0.2) is 0 Å². The van der Waals surface area contributed by atoms with Crippen molar-refractivity contribution in [3.63, 3.8) is 0 Å². The van der Waals surface area contributed by atoms with Gasteiger partial charge in [0.25, 0.3) is 0 Å². The van der Waals surface area contributed by atoms with Crippen LogP contribution in [0.4, 0.5) is 10.5 Å². The standard InChI is InChI=1S/C15H20N2O2/c1-2-16-14-10-6-3-4-8-12(10)17(15(18)19)13-9-5-7-11(13)14/h3-4,6,8,11,13-14,16H,2,5,7,9H2,1H3,(H,18,19)/t11-,13+,14?/m0/s1. The van der Waals surface area contributed by atoms with Crippen molar-refractivity contribution in [2.24, 2.45) is 5.92 Å². The molecule has 1 aromatic carbocycles. The Kier molecular flexibility index (Phi) is 3.19. The lowest BCUT2D eigenvalue weighted by Gasteiger charge is -2.42. The fraction of sp³-hybridized carbons (Fsp3) is 0.533. The highest BCUT2D eigenvalue weighted by Crippen LogP contribution is 2.47. The molecule has 2 N–H and O–H groups in total. The lowest BCUT2D eigenvalue weighted by atomic mass is 9.83. The molecule has 1 aromatic rings. The average molecular weight is 260 g/mol. The van der Waals surface area contributed by atoms with E-state index in [0.29, 0.717) is 12.0 Å². The summed E-state index contributed by atoms with van der Waals surface area (Å²) < 4.78 is 0. The van der Waals surface area contributed by atoms with Crippen molar-refractivity contribution < 1.29 is 9.90 Å². The SMILES string of the molecule is CCNC1c2ccccc2N(C(=O)O)[C@@H]2CCC[C@H]12.